The first-order chi connectivity index (χ1) is 15.0. The Bertz CT molecular complexity index is 1370. The molecule has 0 amide bonds. The Kier molecular flexibility index (Phi) is 5.40. The van der Waals surface area contributed by atoms with Crippen LogP contribution in [-0.4, -0.2) is 10.9 Å². The monoisotopic (exact) mass is 413 g/mol. The third-order valence-electron chi connectivity index (χ3n) is 4.47. The van der Waals surface area contributed by atoms with Gasteiger partial charge in [-0.1, -0.05) is 42.5 Å². The number of carbonyl (C=O) groups is 1. The topological polar surface area (TPSA) is 99.7 Å². The molecule has 0 aliphatic heterocycles. The number of hydrogen-bond acceptors (Lipinski definition) is 6. The molecule has 0 atom stereocenters. The number of rotatable bonds is 5. The van der Waals surface area contributed by atoms with Gasteiger partial charge in [0.15, 0.2) is 5.43 Å². The van der Waals surface area contributed by atoms with Crippen LogP contribution in [-0.2, 0) is 4.79 Å². The summed E-state index contributed by atoms with van der Waals surface area (Å²) in [5.74, 6) is -0.0557. The van der Waals surface area contributed by atoms with Crippen LogP contribution in [0.25, 0.3) is 28.4 Å². The molecule has 1 aromatic heterocycles. The molecule has 7 nitrogen and oxygen atoms in total. The molecule has 0 unspecified atom stereocenters. The maximum Gasteiger partial charge on any atom is 0.336 e. The summed E-state index contributed by atoms with van der Waals surface area (Å²) in [6.07, 6.45) is 2.57. The van der Waals surface area contributed by atoms with Crippen LogP contribution in [0, 0.1) is 10.1 Å². The van der Waals surface area contributed by atoms with Gasteiger partial charge in [-0.25, -0.2) is 4.79 Å². The second-order valence-electron chi connectivity index (χ2n) is 6.61. The summed E-state index contributed by atoms with van der Waals surface area (Å²) in [4.78, 5) is 35.0. The van der Waals surface area contributed by atoms with Gasteiger partial charge < -0.3 is 9.15 Å². The first-order valence-electron chi connectivity index (χ1n) is 9.27. The van der Waals surface area contributed by atoms with Crippen molar-refractivity contribution in [2.45, 2.75) is 0 Å². The number of nitrogens with zero attached hydrogens (tertiary/aromatic N) is 1. The van der Waals surface area contributed by atoms with Gasteiger partial charge in [-0.15, -0.1) is 0 Å². The molecule has 4 aromatic rings. The molecule has 1 heterocycles. The zero-order valence-electron chi connectivity index (χ0n) is 16.1. The van der Waals surface area contributed by atoms with Gasteiger partial charge in [-0.2, -0.15) is 0 Å². The van der Waals surface area contributed by atoms with Crippen molar-refractivity contribution in [2.75, 3.05) is 0 Å². The zero-order chi connectivity index (χ0) is 21.8. The molecule has 3 aromatic carbocycles. The minimum absolute atomic E-state index is 0.0772. The third kappa shape index (κ3) is 4.56. The van der Waals surface area contributed by atoms with E-state index in [0.717, 1.165) is 11.6 Å². The molecule has 0 saturated carbocycles. The molecule has 31 heavy (non-hydrogen) atoms. The molecule has 0 aliphatic carbocycles. The van der Waals surface area contributed by atoms with E-state index in [2.05, 4.69) is 0 Å². The fraction of sp³-hybridized carbons (Fsp3) is 0. The van der Waals surface area contributed by atoms with Crippen molar-refractivity contribution in [2.24, 2.45) is 0 Å². The molecule has 0 aliphatic rings. The van der Waals surface area contributed by atoms with E-state index < -0.39 is 10.9 Å². The first-order valence-corrected chi connectivity index (χ1v) is 9.27. The molecule has 0 radical (unpaired) electrons. The minimum Gasteiger partial charge on any atom is -0.456 e. The van der Waals surface area contributed by atoms with Crippen molar-refractivity contribution in [3.05, 3.63) is 111 Å². The normalized spacial score (nSPS) is 11.0. The minimum atomic E-state index is -0.684. The van der Waals surface area contributed by atoms with Crippen molar-refractivity contribution in [1.82, 2.24) is 0 Å². The second-order valence-corrected chi connectivity index (χ2v) is 6.61. The number of nitro groups is 1. The first kappa shape index (κ1) is 19.8. The average Bonchev–Trinajstić information content (AvgIpc) is 2.79. The lowest BCUT2D eigenvalue weighted by Crippen LogP contribution is -2.05. The summed E-state index contributed by atoms with van der Waals surface area (Å²) in [5, 5.41) is 11.1. The highest BCUT2D eigenvalue weighted by Gasteiger charge is 2.10. The summed E-state index contributed by atoms with van der Waals surface area (Å²) in [7, 11) is 0. The van der Waals surface area contributed by atoms with E-state index >= 15 is 0 Å². The Morgan fingerprint density at radius 3 is 2.55 bits per heavy atom. The van der Waals surface area contributed by atoms with E-state index in [1.54, 1.807) is 12.1 Å². The van der Waals surface area contributed by atoms with E-state index in [1.807, 2.05) is 30.3 Å². The van der Waals surface area contributed by atoms with Gasteiger partial charge in [0.2, 0.25) is 0 Å². The van der Waals surface area contributed by atoms with Crippen LogP contribution in [0.4, 0.5) is 5.69 Å². The number of nitro benzene ring substituents is 1. The zero-order valence-corrected chi connectivity index (χ0v) is 16.1. The lowest BCUT2D eigenvalue weighted by Gasteiger charge is -2.05. The van der Waals surface area contributed by atoms with Crippen molar-refractivity contribution < 1.29 is 18.9 Å². The predicted octanol–water partition coefficient (Wildman–Crippen LogP) is 4.99. The fourth-order valence-electron chi connectivity index (χ4n) is 3.00. The average molecular weight is 413 g/mol. The molecule has 0 saturated heterocycles. The smallest absolute Gasteiger partial charge is 0.336 e. The number of non-ortho nitro benzene ring substituents is 1. The van der Waals surface area contributed by atoms with Gasteiger partial charge in [0.25, 0.3) is 5.69 Å². The van der Waals surface area contributed by atoms with Crippen molar-refractivity contribution in [3.8, 4) is 17.1 Å². The van der Waals surface area contributed by atoms with Gasteiger partial charge in [0, 0.05) is 29.8 Å². The van der Waals surface area contributed by atoms with E-state index in [-0.39, 0.29) is 22.3 Å². The van der Waals surface area contributed by atoms with Gasteiger partial charge in [0.1, 0.15) is 17.1 Å². The van der Waals surface area contributed by atoms with E-state index in [0.29, 0.717) is 16.9 Å². The highest BCUT2D eigenvalue weighted by atomic mass is 16.6. The van der Waals surface area contributed by atoms with E-state index in [9.17, 15) is 19.7 Å². The molecule has 0 N–H and O–H groups in total. The van der Waals surface area contributed by atoms with Gasteiger partial charge in [-0.05, 0) is 29.8 Å². The molecular weight excluding hydrogens is 398 g/mol. The summed E-state index contributed by atoms with van der Waals surface area (Å²) >= 11 is 0. The number of hydrogen-bond donors (Lipinski definition) is 0. The van der Waals surface area contributed by atoms with Crippen molar-refractivity contribution >= 4 is 28.7 Å². The summed E-state index contributed by atoms with van der Waals surface area (Å²) in [6.45, 7) is 0. The number of ether oxygens (including phenoxy) is 1. The number of carbonyl (C=O) groups excluding carboxylic acids is 1. The maximum absolute atomic E-state index is 12.5. The van der Waals surface area contributed by atoms with Crippen LogP contribution in [0.2, 0.25) is 0 Å². The van der Waals surface area contributed by atoms with Crippen LogP contribution in [0.1, 0.15) is 5.56 Å². The molecular formula is C24H15NO6. The van der Waals surface area contributed by atoms with Crippen LogP contribution in [0.3, 0.4) is 0 Å². The molecule has 7 heteroatoms. The Labute approximate surface area is 176 Å². The SMILES string of the molecule is O=C(/C=C/c1cccc([N+](=O)[O-])c1)Oc1ccc2oc(-c3ccccc3)cc(=O)c2c1. The largest absolute Gasteiger partial charge is 0.456 e. The Morgan fingerprint density at radius 2 is 1.77 bits per heavy atom. The molecule has 0 bridgehead atoms. The van der Waals surface area contributed by atoms with E-state index in [4.69, 9.17) is 9.15 Å². The lowest BCUT2D eigenvalue weighted by atomic mass is 10.1. The standard InChI is InChI=1S/C24H15NO6/c26-21-15-23(17-6-2-1-3-7-17)31-22-11-10-19(14-20(21)22)30-24(27)12-9-16-5-4-8-18(13-16)25(28)29/h1-15H/b12-9+. The Morgan fingerprint density at radius 1 is 0.968 bits per heavy atom. The highest BCUT2D eigenvalue weighted by Crippen LogP contribution is 2.24. The predicted molar refractivity (Wildman–Crippen MR) is 116 cm³/mol. The molecule has 152 valence electrons. The molecule has 0 spiro atoms. The summed E-state index contributed by atoms with van der Waals surface area (Å²) in [6, 6.07) is 21.0. The van der Waals surface area contributed by atoms with Crippen molar-refractivity contribution in [1.29, 1.82) is 0 Å². The van der Waals surface area contributed by atoms with Gasteiger partial charge in [0.05, 0.1) is 10.3 Å². The Hall–Kier alpha value is -4.52. The fourth-order valence-corrected chi connectivity index (χ4v) is 3.00. The maximum atomic E-state index is 12.5. The molecule has 4 rings (SSSR count). The number of esters is 1. The van der Waals surface area contributed by atoms with Crippen LogP contribution >= 0.6 is 0 Å². The van der Waals surface area contributed by atoms with Gasteiger partial charge >= 0.3 is 5.97 Å². The van der Waals surface area contributed by atoms with Gasteiger partial charge in [-0.3, -0.25) is 14.9 Å². The van der Waals surface area contributed by atoms with Crippen LogP contribution < -0.4 is 10.2 Å². The van der Waals surface area contributed by atoms with Crippen LogP contribution in [0.15, 0.2) is 94.2 Å². The third-order valence-corrected chi connectivity index (χ3v) is 4.47. The van der Waals surface area contributed by atoms with E-state index in [1.165, 1.54) is 42.5 Å². The number of benzene rings is 3. The second kappa shape index (κ2) is 8.46. The molecule has 0 fully saturated rings. The van der Waals surface area contributed by atoms with Crippen molar-refractivity contribution in [3.63, 3.8) is 0 Å². The van der Waals surface area contributed by atoms with Crippen LogP contribution in [0.5, 0.6) is 5.75 Å². The summed E-state index contributed by atoms with van der Waals surface area (Å²) < 4.78 is 11.1. The summed E-state index contributed by atoms with van der Waals surface area (Å²) in [5.41, 5.74) is 1.30. The lowest BCUT2D eigenvalue weighted by molar-refractivity contribution is -0.384. The highest BCUT2D eigenvalue weighted by molar-refractivity contribution is 5.89. The number of fused-ring (bicyclic) bond motifs is 1. The quantitative estimate of drug-likeness (QED) is 0.150. The Balaban J connectivity index is 1.54.